The summed E-state index contributed by atoms with van der Waals surface area (Å²) in [6.45, 7) is 0. The first-order chi connectivity index (χ1) is 4.54. The predicted molar refractivity (Wildman–Crippen MR) is 25.3 cm³/mol. The molecule has 5 nitrogen and oxygen atoms in total. The molecular weight excluding hydrogens is 140 g/mol. The van der Waals surface area contributed by atoms with Gasteiger partial charge >= 0.3 is 0 Å². The molecule has 0 aromatic heterocycles. The van der Waals surface area contributed by atoms with Crippen molar-refractivity contribution in [3.05, 3.63) is 0 Å². The van der Waals surface area contributed by atoms with E-state index in [2.05, 4.69) is 0 Å². The van der Waals surface area contributed by atoms with Crippen LogP contribution in [0.25, 0.3) is 0 Å². The van der Waals surface area contributed by atoms with Crippen molar-refractivity contribution in [1.82, 2.24) is 0 Å². The van der Waals surface area contributed by atoms with Crippen LogP contribution in [0.1, 0.15) is 12.8 Å². The zero-order chi connectivity index (χ0) is 8.15. The fourth-order valence-corrected chi connectivity index (χ4v) is 0.372. The lowest BCUT2D eigenvalue weighted by atomic mass is 10.2. The van der Waals surface area contributed by atoms with E-state index >= 15 is 0 Å². The molecule has 10 heavy (non-hydrogen) atoms. The number of carbonyl (C=O) groups is 2. The molecule has 0 saturated heterocycles. The monoisotopic (exact) mass is 146 g/mol. The molecule has 0 amide bonds. The molecule has 0 rings (SSSR count). The Morgan fingerprint density at radius 2 is 1.90 bits per heavy atom. The third kappa shape index (κ3) is 3.85. The van der Waals surface area contributed by atoms with Crippen LogP contribution in [-0.2, 0) is 9.59 Å². The second kappa shape index (κ2) is 3.84. The quantitative estimate of drug-likeness (QED) is 0.446. The Morgan fingerprint density at radius 3 is 2.20 bits per heavy atom. The molecule has 0 aromatic rings. The van der Waals surface area contributed by atoms with E-state index in [0.29, 0.717) is 0 Å². The Morgan fingerprint density at radius 1 is 1.40 bits per heavy atom. The highest BCUT2D eigenvalue weighted by molar-refractivity contribution is 5.71. The van der Waals surface area contributed by atoms with Crippen molar-refractivity contribution in [3.8, 4) is 0 Å². The zero-order valence-corrected chi connectivity index (χ0v) is 5.07. The molecule has 0 heterocycles. The number of carbonyl (C=O) groups excluding carboxylic acids is 2. The molecule has 0 aliphatic rings. The molecular formula is C5H6O5-2. The third-order valence-corrected chi connectivity index (χ3v) is 0.894. The van der Waals surface area contributed by atoms with Crippen molar-refractivity contribution < 1.29 is 24.9 Å². The first-order valence-corrected chi connectivity index (χ1v) is 2.63. The van der Waals surface area contributed by atoms with Gasteiger partial charge in [0.2, 0.25) is 0 Å². The average Bonchev–Trinajstić information content (AvgIpc) is 1.82. The van der Waals surface area contributed by atoms with Crippen molar-refractivity contribution in [2.75, 3.05) is 0 Å². The van der Waals surface area contributed by atoms with Gasteiger partial charge in [-0.05, 0) is 12.8 Å². The summed E-state index contributed by atoms with van der Waals surface area (Å²) in [4.78, 5) is 19.4. The van der Waals surface area contributed by atoms with Gasteiger partial charge in [-0.15, -0.1) is 0 Å². The van der Waals surface area contributed by atoms with E-state index in [-0.39, 0.29) is 6.42 Å². The normalized spacial score (nSPS) is 12.5. The van der Waals surface area contributed by atoms with Crippen LogP contribution in [0, 0.1) is 0 Å². The average molecular weight is 146 g/mol. The minimum atomic E-state index is -1.71. The van der Waals surface area contributed by atoms with E-state index in [1.807, 2.05) is 0 Å². The lowest BCUT2D eigenvalue weighted by molar-refractivity contribution is -0.316. The molecule has 0 aliphatic carbocycles. The van der Waals surface area contributed by atoms with E-state index in [9.17, 15) is 19.8 Å². The Hall–Kier alpha value is -1.10. The Balaban J connectivity index is 3.49. The van der Waals surface area contributed by atoms with Crippen LogP contribution in [0.4, 0.5) is 0 Å². The summed E-state index contributed by atoms with van der Waals surface area (Å²) in [7, 11) is 0. The van der Waals surface area contributed by atoms with Gasteiger partial charge in [0, 0.05) is 5.97 Å². The molecule has 0 radical (unpaired) electrons. The first-order valence-electron chi connectivity index (χ1n) is 2.63. The van der Waals surface area contributed by atoms with Crippen LogP contribution < -0.4 is 10.2 Å². The molecule has 58 valence electrons. The molecule has 5 heteroatoms. The van der Waals surface area contributed by atoms with Gasteiger partial charge in [-0.2, -0.15) is 0 Å². The number of carboxylic acids is 2. The lowest BCUT2D eigenvalue weighted by Crippen LogP contribution is -2.36. The number of aliphatic hydroxyl groups excluding tert-OH is 1. The van der Waals surface area contributed by atoms with Crippen molar-refractivity contribution in [1.29, 1.82) is 0 Å². The van der Waals surface area contributed by atoms with Crippen LogP contribution in [0.15, 0.2) is 0 Å². The Labute approximate surface area is 56.9 Å². The number of aliphatic carboxylic acids is 2. The minimum absolute atomic E-state index is 0.370. The van der Waals surface area contributed by atoms with Gasteiger partial charge < -0.3 is 24.9 Å². The standard InChI is InChI=1S/C5H8O5/c6-3(5(9)10)1-2-4(7)8/h3,6H,1-2H2,(H,7,8)(H,9,10)/p-2. The highest BCUT2D eigenvalue weighted by atomic mass is 16.4. The fraction of sp³-hybridized carbons (Fsp3) is 0.600. The smallest absolute Gasteiger partial charge is 0.0937 e. The molecule has 0 bridgehead atoms. The van der Waals surface area contributed by atoms with E-state index in [4.69, 9.17) is 5.11 Å². The van der Waals surface area contributed by atoms with Crippen LogP contribution in [0.5, 0.6) is 0 Å². The lowest BCUT2D eigenvalue weighted by Gasteiger charge is -2.10. The van der Waals surface area contributed by atoms with Gasteiger partial charge in [-0.25, -0.2) is 0 Å². The largest absolute Gasteiger partial charge is 0.550 e. The molecule has 0 aliphatic heterocycles. The first kappa shape index (κ1) is 8.90. The summed E-state index contributed by atoms with van der Waals surface area (Å²) in [6.07, 6.45) is -2.56. The van der Waals surface area contributed by atoms with Gasteiger partial charge in [-0.1, -0.05) is 0 Å². The summed E-state index contributed by atoms with van der Waals surface area (Å²) in [5, 5.41) is 27.9. The summed E-state index contributed by atoms with van der Waals surface area (Å²) >= 11 is 0. The summed E-state index contributed by atoms with van der Waals surface area (Å²) < 4.78 is 0. The van der Waals surface area contributed by atoms with Crippen molar-refractivity contribution in [3.63, 3.8) is 0 Å². The summed E-state index contributed by atoms with van der Waals surface area (Å²) in [6, 6.07) is 0. The molecule has 0 spiro atoms. The van der Waals surface area contributed by atoms with Gasteiger partial charge in [0.25, 0.3) is 0 Å². The maximum absolute atomic E-state index is 9.74. The van der Waals surface area contributed by atoms with Gasteiger partial charge in [-0.3, -0.25) is 0 Å². The van der Waals surface area contributed by atoms with Crippen molar-refractivity contribution in [2.45, 2.75) is 18.9 Å². The number of aliphatic hydroxyl groups is 1. The molecule has 1 N–H and O–H groups in total. The van der Waals surface area contributed by atoms with E-state index in [0.717, 1.165) is 0 Å². The highest BCUT2D eigenvalue weighted by Crippen LogP contribution is 1.93. The SMILES string of the molecule is O=C([O-])CCC(O)C(=O)[O-]. The number of rotatable bonds is 4. The number of hydrogen-bond donors (Lipinski definition) is 1. The van der Waals surface area contributed by atoms with E-state index in [1.54, 1.807) is 0 Å². The molecule has 0 fully saturated rings. The highest BCUT2D eigenvalue weighted by Gasteiger charge is 2.03. The minimum Gasteiger partial charge on any atom is -0.550 e. The van der Waals surface area contributed by atoms with Crippen LogP contribution >= 0.6 is 0 Å². The van der Waals surface area contributed by atoms with Crippen LogP contribution in [0.3, 0.4) is 0 Å². The van der Waals surface area contributed by atoms with Crippen LogP contribution in [-0.4, -0.2) is 23.1 Å². The van der Waals surface area contributed by atoms with Gasteiger partial charge in [0.15, 0.2) is 0 Å². The molecule has 0 aromatic carbocycles. The maximum Gasteiger partial charge on any atom is 0.0937 e. The number of carboxylic acid groups (broad SMARTS) is 2. The van der Waals surface area contributed by atoms with E-state index in [1.165, 1.54) is 0 Å². The van der Waals surface area contributed by atoms with E-state index < -0.39 is 24.5 Å². The number of hydrogen-bond acceptors (Lipinski definition) is 5. The van der Waals surface area contributed by atoms with Crippen molar-refractivity contribution >= 4 is 11.9 Å². The third-order valence-electron chi connectivity index (χ3n) is 0.894. The Kier molecular flexibility index (Phi) is 3.42. The van der Waals surface area contributed by atoms with Crippen LogP contribution in [0.2, 0.25) is 0 Å². The predicted octanol–water partition coefficient (Wildman–Crippen LogP) is -3.37. The second-order valence-electron chi connectivity index (χ2n) is 1.75. The molecule has 0 saturated carbocycles. The summed E-state index contributed by atoms with van der Waals surface area (Å²) in [5.41, 5.74) is 0. The Bertz CT molecular complexity index is 141. The summed E-state index contributed by atoms with van der Waals surface area (Å²) in [5.74, 6) is -3.05. The molecule has 1 unspecified atom stereocenters. The maximum atomic E-state index is 9.74. The zero-order valence-electron chi connectivity index (χ0n) is 5.07. The fourth-order valence-electron chi connectivity index (χ4n) is 0.372. The van der Waals surface area contributed by atoms with Gasteiger partial charge in [0.05, 0.1) is 12.1 Å². The van der Waals surface area contributed by atoms with Crippen molar-refractivity contribution in [2.24, 2.45) is 0 Å². The topological polar surface area (TPSA) is 100 Å². The van der Waals surface area contributed by atoms with Gasteiger partial charge in [0.1, 0.15) is 0 Å². The second-order valence-corrected chi connectivity index (χ2v) is 1.75. The molecule has 1 atom stereocenters.